The zero-order valence-electron chi connectivity index (χ0n) is 12.9. The molecule has 0 saturated carbocycles. The van der Waals surface area contributed by atoms with Crippen molar-refractivity contribution in [2.24, 2.45) is 0 Å². The maximum atomic E-state index is 12.3. The number of fused-ring (bicyclic) bond motifs is 1. The Hall–Kier alpha value is -2.94. The van der Waals surface area contributed by atoms with Gasteiger partial charge in [-0.1, -0.05) is 73.7 Å². The van der Waals surface area contributed by atoms with Gasteiger partial charge in [0.15, 0.2) is 5.78 Å². The highest BCUT2D eigenvalue weighted by Crippen LogP contribution is 2.18. The Labute approximate surface area is 135 Å². The summed E-state index contributed by atoms with van der Waals surface area (Å²) in [5.74, 6) is -0.675. The Balaban J connectivity index is 0.000000338. The molecule has 0 unspecified atom stereocenters. The predicted molar refractivity (Wildman–Crippen MR) is 91.7 cm³/mol. The Morgan fingerprint density at radius 2 is 1.35 bits per heavy atom. The van der Waals surface area contributed by atoms with E-state index >= 15 is 0 Å². The second kappa shape index (κ2) is 7.90. The van der Waals surface area contributed by atoms with Gasteiger partial charge < -0.3 is 5.11 Å². The smallest absolute Gasteiger partial charge is 0.303 e. The summed E-state index contributed by atoms with van der Waals surface area (Å²) < 4.78 is 0. The van der Waals surface area contributed by atoms with Gasteiger partial charge in [0, 0.05) is 17.5 Å². The van der Waals surface area contributed by atoms with Crippen molar-refractivity contribution < 1.29 is 14.7 Å². The normalized spacial score (nSPS) is 9.78. The summed E-state index contributed by atoms with van der Waals surface area (Å²) in [6, 6.07) is 23.3. The average Bonchev–Trinajstić information content (AvgIpc) is 2.62. The molecule has 0 atom stereocenters. The largest absolute Gasteiger partial charge is 0.481 e. The lowest BCUT2D eigenvalue weighted by atomic mass is 10.0. The molecule has 0 heterocycles. The number of carboxylic acids is 1. The predicted octanol–water partition coefficient (Wildman–Crippen LogP) is 4.55. The summed E-state index contributed by atoms with van der Waals surface area (Å²) in [6.07, 6.45) is 0.222. The van der Waals surface area contributed by atoms with Gasteiger partial charge in [0.1, 0.15) is 0 Å². The molecule has 3 nitrogen and oxygen atoms in total. The van der Waals surface area contributed by atoms with Crippen molar-refractivity contribution in [3.63, 3.8) is 0 Å². The zero-order chi connectivity index (χ0) is 16.7. The van der Waals surface area contributed by atoms with E-state index < -0.39 is 5.97 Å². The van der Waals surface area contributed by atoms with Gasteiger partial charge in [-0.15, -0.1) is 0 Å². The van der Waals surface area contributed by atoms with Crippen LogP contribution in [-0.4, -0.2) is 16.9 Å². The minimum Gasteiger partial charge on any atom is -0.481 e. The van der Waals surface area contributed by atoms with E-state index in [1.165, 1.54) is 0 Å². The lowest BCUT2D eigenvalue weighted by Gasteiger charge is -2.03. The molecule has 0 amide bonds. The summed E-state index contributed by atoms with van der Waals surface area (Å²) in [5.41, 5.74) is 1.47. The zero-order valence-corrected chi connectivity index (χ0v) is 12.9. The minimum atomic E-state index is -0.745. The molecule has 0 spiro atoms. The van der Waals surface area contributed by atoms with Gasteiger partial charge >= 0.3 is 5.97 Å². The molecule has 3 rings (SSSR count). The molecule has 0 aliphatic carbocycles. The van der Waals surface area contributed by atoms with Crippen LogP contribution in [-0.2, 0) is 4.79 Å². The van der Waals surface area contributed by atoms with E-state index in [4.69, 9.17) is 5.11 Å². The van der Waals surface area contributed by atoms with Gasteiger partial charge in [0.05, 0.1) is 0 Å². The van der Waals surface area contributed by atoms with Crippen molar-refractivity contribution in [2.45, 2.75) is 13.3 Å². The van der Waals surface area contributed by atoms with E-state index in [0.717, 1.165) is 21.9 Å². The molecule has 0 saturated heterocycles. The lowest BCUT2D eigenvalue weighted by molar-refractivity contribution is -0.136. The standard InChI is InChI=1S/C17H12O.C3H6O2/c18-17(14-7-2-1-3-8-14)16-11-10-13-6-4-5-9-15(13)12-16;1-2-3(4)5/h1-12H;2H2,1H3,(H,4,5). The quantitative estimate of drug-likeness (QED) is 0.722. The van der Waals surface area contributed by atoms with Crippen LogP contribution in [0.4, 0.5) is 0 Å². The number of carboxylic acid groups (broad SMARTS) is 1. The van der Waals surface area contributed by atoms with Crippen LogP contribution in [0.15, 0.2) is 72.8 Å². The van der Waals surface area contributed by atoms with E-state index in [1.54, 1.807) is 6.92 Å². The van der Waals surface area contributed by atoms with Crippen LogP contribution in [0.25, 0.3) is 10.8 Å². The molecule has 0 radical (unpaired) electrons. The van der Waals surface area contributed by atoms with Gasteiger partial charge in [-0.05, 0) is 16.8 Å². The van der Waals surface area contributed by atoms with E-state index in [0.29, 0.717) is 0 Å². The summed E-state index contributed by atoms with van der Waals surface area (Å²) in [5, 5.41) is 9.97. The second-order valence-corrected chi connectivity index (χ2v) is 5.00. The van der Waals surface area contributed by atoms with Gasteiger partial charge in [0.2, 0.25) is 0 Å². The third kappa shape index (κ3) is 4.51. The molecule has 0 fully saturated rings. The maximum absolute atomic E-state index is 12.3. The van der Waals surface area contributed by atoms with Gasteiger partial charge in [-0.3, -0.25) is 9.59 Å². The molecule has 3 aromatic rings. The van der Waals surface area contributed by atoms with Crippen molar-refractivity contribution in [1.29, 1.82) is 0 Å². The van der Waals surface area contributed by atoms with Crippen molar-refractivity contribution in [2.75, 3.05) is 0 Å². The summed E-state index contributed by atoms with van der Waals surface area (Å²) in [6.45, 7) is 1.60. The van der Waals surface area contributed by atoms with E-state index in [9.17, 15) is 9.59 Å². The molecule has 1 N–H and O–H groups in total. The lowest BCUT2D eigenvalue weighted by Crippen LogP contribution is -2.00. The van der Waals surface area contributed by atoms with E-state index in [-0.39, 0.29) is 12.2 Å². The minimum absolute atomic E-state index is 0.0707. The molecule has 0 aromatic heterocycles. The van der Waals surface area contributed by atoms with Crippen LogP contribution < -0.4 is 0 Å². The summed E-state index contributed by atoms with van der Waals surface area (Å²) >= 11 is 0. The molecular formula is C20H18O3. The first kappa shape index (κ1) is 16.4. The van der Waals surface area contributed by atoms with Crippen molar-refractivity contribution in [3.8, 4) is 0 Å². The fourth-order valence-electron chi connectivity index (χ4n) is 2.09. The van der Waals surface area contributed by atoms with Gasteiger partial charge in [0.25, 0.3) is 0 Å². The number of benzene rings is 3. The fourth-order valence-corrected chi connectivity index (χ4v) is 2.09. The van der Waals surface area contributed by atoms with Gasteiger partial charge in [-0.25, -0.2) is 0 Å². The number of hydrogen-bond acceptors (Lipinski definition) is 2. The highest BCUT2D eigenvalue weighted by Gasteiger charge is 2.08. The van der Waals surface area contributed by atoms with E-state index in [1.807, 2.05) is 72.8 Å². The second-order valence-electron chi connectivity index (χ2n) is 5.00. The molecule has 0 bridgehead atoms. The first-order valence-corrected chi connectivity index (χ1v) is 7.42. The number of carbonyl (C=O) groups is 2. The Kier molecular flexibility index (Phi) is 5.64. The van der Waals surface area contributed by atoms with Crippen LogP contribution in [0.2, 0.25) is 0 Å². The molecule has 3 aromatic carbocycles. The van der Waals surface area contributed by atoms with Crippen LogP contribution in [0.3, 0.4) is 0 Å². The molecule has 0 aliphatic heterocycles. The topological polar surface area (TPSA) is 54.4 Å². The number of aliphatic carboxylic acids is 1. The van der Waals surface area contributed by atoms with Crippen molar-refractivity contribution in [3.05, 3.63) is 83.9 Å². The number of hydrogen-bond donors (Lipinski definition) is 1. The third-order valence-electron chi connectivity index (χ3n) is 3.35. The van der Waals surface area contributed by atoms with Crippen LogP contribution in [0.5, 0.6) is 0 Å². The Bertz CT molecular complexity index is 807. The fraction of sp³-hybridized carbons (Fsp3) is 0.100. The monoisotopic (exact) mass is 306 g/mol. The Morgan fingerprint density at radius 3 is 1.96 bits per heavy atom. The van der Waals surface area contributed by atoms with Crippen LogP contribution in [0, 0.1) is 0 Å². The summed E-state index contributed by atoms with van der Waals surface area (Å²) in [7, 11) is 0. The average molecular weight is 306 g/mol. The summed E-state index contributed by atoms with van der Waals surface area (Å²) in [4.78, 5) is 21.7. The molecule has 0 aliphatic rings. The third-order valence-corrected chi connectivity index (χ3v) is 3.35. The van der Waals surface area contributed by atoms with Crippen molar-refractivity contribution in [1.82, 2.24) is 0 Å². The Morgan fingerprint density at radius 1 is 0.783 bits per heavy atom. The van der Waals surface area contributed by atoms with Crippen molar-refractivity contribution >= 4 is 22.5 Å². The first-order chi connectivity index (χ1) is 11.1. The molecule has 3 heteroatoms. The SMILES string of the molecule is CCC(=O)O.O=C(c1ccccc1)c1ccc2ccccc2c1. The molecular weight excluding hydrogens is 288 g/mol. The number of rotatable bonds is 3. The maximum Gasteiger partial charge on any atom is 0.303 e. The van der Waals surface area contributed by atoms with Crippen LogP contribution in [0.1, 0.15) is 29.3 Å². The van der Waals surface area contributed by atoms with E-state index in [2.05, 4.69) is 0 Å². The number of carbonyl (C=O) groups excluding carboxylic acids is 1. The molecule has 116 valence electrons. The van der Waals surface area contributed by atoms with Crippen LogP contribution >= 0.6 is 0 Å². The molecule has 23 heavy (non-hydrogen) atoms. The highest BCUT2D eigenvalue weighted by atomic mass is 16.4. The highest BCUT2D eigenvalue weighted by molar-refractivity contribution is 6.10. The first-order valence-electron chi connectivity index (χ1n) is 7.42. The number of ketones is 1. The van der Waals surface area contributed by atoms with Gasteiger partial charge in [-0.2, -0.15) is 0 Å².